The van der Waals surface area contributed by atoms with Crippen molar-refractivity contribution in [3.8, 4) is 0 Å². The summed E-state index contributed by atoms with van der Waals surface area (Å²) in [6.07, 6.45) is 0. The van der Waals surface area contributed by atoms with Crippen LogP contribution in [0, 0.1) is 0 Å². The van der Waals surface area contributed by atoms with E-state index in [1.807, 2.05) is 35.7 Å². The highest BCUT2D eigenvalue weighted by Gasteiger charge is 2.11. The van der Waals surface area contributed by atoms with E-state index in [1.165, 1.54) is 17.0 Å². The van der Waals surface area contributed by atoms with Crippen LogP contribution < -0.4 is 10.2 Å². The SMILES string of the molecule is CCN(CC)c1ccc(NC(=O)c2sccc2Br)cc1. The van der Waals surface area contributed by atoms with Gasteiger partial charge < -0.3 is 10.2 Å². The van der Waals surface area contributed by atoms with Crippen molar-refractivity contribution in [2.24, 2.45) is 0 Å². The Morgan fingerprint density at radius 3 is 2.35 bits per heavy atom. The van der Waals surface area contributed by atoms with Crippen LogP contribution in [-0.2, 0) is 0 Å². The molecule has 2 aromatic rings. The molecule has 0 aliphatic heterocycles. The van der Waals surface area contributed by atoms with Crippen molar-refractivity contribution in [2.75, 3.05) is 23.3 Å². The third kappa shape index (κ3) is 3.41. The highest BCUT2D eigenvalue weighted by atomic mass is 79.9. The molecule has 0 fully saturated rings. The van der Waals surface area contributed by atoms with Crippen LogP contribution in [0.15, 0.2) is 40.2 Å². The van der Waals surface area contributed by atoms with Crippen molar-refractivity contribution in [1.29, 1.82) is 0 Å². The Bertz CT molecular complexity index is 576. The quantitative estimate of drug-likeness (QED) is 0.851. The number of nitrogens with zero attached hydrogens (tertiary/aromatic N) is 1. The fraction of sp³-hybridized carbons (Fsp3) is 0.267. The first-order valence-electron chi connectivity index (χ1n) is 6.55. The normalized spacial score (nSPS) is 10.3. The van der Waals surface area contributed by atoms with E-state index in [-0.39, 0.29) is 5.91 Å². The van der Waals surface area contributed by atoms with E-state index in [2.05, 4.69) is 40.0 Å². The molecule has 3 nitrogen and oxygen atoms in total. The lowest BCUT2D eigenvalue weighted by Gasteiger charge is -2.21. The van der Waals surface area contributed by atoms with Crippen LogP contribution in [0.25, 0.3) is 0 Å². The van der Waals surface area contributed by atoms with Gasteiger partial charge in [-0.3, -0.25) is 4.79 Å². The average molecular weight is 353 g/mol. The van der Waals surface area contributed by atoms with Crippen LogP contribution in [0.4, 0.5) is 11.4 Å². The number of amides is 1. The number of rotatable bonds is 5. The van der Waals surface area contributed by atoms with Gasteiger partial charge in [0.05, 0.1) is 0 Å². The van der Waals surface area contributed by atoms with Crippen molar-refractivity contribution >= 4 is 44.5 Å². The van der Waals surface area contributed by atoms with Crippen molar-refractivity contribution in [3.05, 3.63) is 45.1 Å². The van der Waals surface area contributed by atoms with Gasteiger partial charge in [-0.2, -0.15) is 0 Å². The zero-order valence-corrected chi connectivity index (χ0v) is 13.9. The molecular formula is C15H17BrN2OS. The summed E-state index contributed by atoms with van der Waals surface area (Å²) < 4.78 is 0.833. The van der Waals surface area contributed by atoms with Crippen LogP contribution in [0.3, 0.4) is 0 Å². The molecule has 0 aliphatic rings. The van der Waals surface area contributed by atoms with Crippen LogP contribution >= 0.6 is 27.3 Å². The minimum atomic E-state index is -0.0811. The lowest BCUT2D eigenvalue weighted by molar-refractivity contribution is 0.103. The zero-order chi connectivity index (χ0) is 14.5. The van der Waals surface area contributed by atoms with Crippen LogP contribution in [0.1, 0.15) is 23.5 Å². The third-order valence-corrected chi connectivity index (χ3v) is 4.91. The smallest absolute Gasteiger partial charge is 0.266 e. The maximum atomic E-state index is 12.1. The molecule has 2 rings (SSSR count). The summed E-state index contributed by atoms with van der Waals surface area (Å²) in [7, 11) is 0. The van der Waals surface area contributed by atoms with Gasteiger partial charge in [0.15, 0.2) is 0 Å². The van der Waals surface area contributed by atoms with Crippen LogP contribution in [0.2, 0.25) is 0 Å². The first-order chi connectivity index (χ1) is 9.65. The number of hydrogen-bond acceptors (Lipinski definition) is 3. The monoisotopic (exact) mass is 352 g/mol. The Kier molecular flexibility index (Phi) is 5.20. The molecule has 0 saturated heterocycles. The summed E-state index contributed by atoms with van der Waals surface area (Å²) in [4.78, 5) is 15.0. The minimum absolute atomic E-state index is 0.0811. The standard InChI is InChI=1S/C15H17BrN2OS/c1-3-18(4-2)12-7-5-11(6-8-12)17-15(19)14-13(16)9-10-20-14/h5-10H,3-4H2,1-2H3,(H,17,19). The Morgan fingerprint density at radius 2 is 1.85 bits per heavy atom. The van der Waals surface area contributed by atoms with Gasteiger partial charge in [0.1, 0.15) is 4.88 Å². The number of benzene rings is 1. The lowest BCUT2D eigenvalue weighted by Crippen LogP contribution is -2.21. The second-order valence-corrected chi connectivity index (χ2v) is 6.04. The molecule has 1 heterocycles. The molecule has 0 spiro atoms. The predicted octanol–water partition coefficient (Wildman–Crippen LogP) is 4.61. The molecule has 0 bridgehead atoms. The summed E-state index contributed by atoms with van der Waals surface area (Å²) in [6, 6.07) is 9.82. The van der Waals surface area contributed by atoms with E-state index in [0.29, 0.717) is 4.88 Å². The molecule has 106 valence electrons. The van der Waals surface area contributed by atoms with Gasteiger partial charge in [0.25, 0.3) is 5.91 Å². The molecule has 1 N–H and O–H groups in total. The second kappa shape index (κ2) is 6.90. The maximum Gasteiger partial charge on any atom is 0.266 e. The van der Waals surface area contributed by atoms with E-state index in [9.17, 15) is 4.79 Å². The number of carbonyl (C=O) groups excluding carboxylic acids is 1. The van der Waals surface area contributed by atoms with Gasteiger partial charge in [0.2, 0.25) is 0 Å². The molecule has 1 amide bonds. The Hall–Kier alpha value is -1.33. The highest BCUT2D eigenvalue weighted by Crippen LogP contribution is 2.24. The van der Waals surface area contributed by atoms with Gasteiger partial charge in [-0.15, -0.1) is 11.3 Å². The van der Waals surface area contributed by atoms with Crippen LogP contribution in [0.5, 0.6) is 0 Å². The molecule has 0 atom stereocenters. The van der Waals surface area contributed by atoms with Gasteiger partial charge in [-0.25, -0.2) is 0 Å². The van der Waals surface area contributed by atoms with Crippen molar-refractivity contribution in [2.45, 2.75) is 13.8 Å². The molecular weight excluding hydrogens is 336 g/mol. The number of anilines is 2. The third-order valence-electron chi connectivity index (χ3n) is 3.08. The van der Waals surface area contributed by atoms with Crippen LogP contribution in [-0.4, -0.2) is 19.0 Å². The van der Waals surface area contributed by atoms with Crippen molar-refractivity contribution in [1.82, 2.24) is 0 Å². The van der Waals surface area contributed by atoms with E-state index in [1.54, 1.807) is 0 Å². The Balaban J connectivity index is 2.08. The van der Waals surface area contributed by atoms with Gasteiger partial charge in [0, 0.05) is 28.9 Å². The minimum Gasteiger partial charge on any atom is -0.372 e. The Labute approximate surface area is 131 Å². The van der Waals surface area contributed by atoms with E-state index < -0.39 is 0 Å². The molecule has 5 heteroatoms. The number of halogens is 1. The molecule has 0 aliphatic carbocycles. The Morgan fingerprint density at radius 1 is 1.20 bits per heavy atom. The molecule has 0 unspecified atom stereocenters. The van der Waals surface area contributed by atoms with Crippen molar-refractivity contribution < 1.29 is 4.79 Å². The van der Waals surface area contributed by atoms with Gasteiger partial charge >= 0.3 is 0 Å². The summed E-state index contributed by atoms with van der Waals surface area (Å²) in [5.74, 6) is -0.0811. The summed E-state index contributed by atoms with van der Waals surface area (Å²) in [6.45, 7) is 6.22. The summed E-state index contributed by atoms with van der Waals surface area (Å²) in [5.41, 5.74) is 1.98. The first-order valence-corrected chi connectivity index (χ1v) is 8.22. The van der Waals surface area contributed by atoms with E-state index in [0.717, 1.165) is 23.2 Å². The topological polar surface area (TPSA) is 32.3 Å². The average Bonchev–Trinajstić information content (AvgIpc) is 2.88. The highest BCUT2D eigenvalue weighted by molar-refractivity contribution is 9.10. The number of nitrogens with one attached hydrogen (secondary N) is 1. The van der Waals surface area contributed by atoms with E-state index >= 15 is 0 Å². The summed E-state index contributed by atoms with van der Waals surface area (Å²) in [5, 5.41) is 4.80. The molecule has 0 radical (unpaired) electrons. The molecule has 0 saturated carbocycles. The maximum absolute atomic E-state index is 12.1. The second-order valence-electron chi connectivity index (χ2n) is 4.27. The van der Waals surface area contributed by atoms with Gasteiger partial charge in [-0.1, -0.05) is 0 Å². The number of carbonyl (C=O) groups is 1. The number of hydrogen-bond donors (Lipinski definition) is 1. The fourth-order valence-corrected chi connectivity index (χ4v) is 3.43. The van der Waals surface area contributed by atoms with E-state index in [4.69, 9.17) is 0 Å². The molecule has 20 heavy (non-hydrogen) atoms. The zero-order valence-electron chi connectivity index (χ0n) is 11.5. The number of thiophene rings is 1. The first kappa shape index (κ1) is 15.1. The molecule has 1 aromatic heterocycles. The molecule has 1 aromatic carbocycles. The fourth-order valence-electron chi connectivity index (χ4n) is 1.99. The van der Waals surface area contributed by atoms with Crippen molar-refractivity contribution in [3.63, 3.8) is 0 Å². The summed E-state index contributed by atoms with van der Waals surface area (Å²) >= 11 is 4.80. The lowest BCUT2D eigenvalue weighted by atomic mass is 10.2. The largest absolute Gasteiger partial charge is 0.372 e. The van der Waals surface area contributed by atoms with Gasteiger partial charge in [-0.05, 0) is 65.5 Å². The predicted molar refractivity (Wildman–Crippen MR) is 90.0 cm³/mol.